The van der Waals surface area contributed by atoms with E-state index in [9.17, 15) is 20.0 Å². The first kappa shape index (κ1) is 23.0. The Morgan fingerprint density at radius 1 is 1.38 bits per heavy atom. The first-order valence-electron chi connectivity index (χ1n) is 12.3. The van der Waals surface area contributed by atoms with E-state index in [1.807, 2.05) is 13.0 Å². The van der Waals surface area contributed by atoms with Gasteiger partial charge in [0.15, 0.2) is 5.13 Å². The second-order valence-corrected chi connectivity index (χ2v) is 11.8. The van der Waals surface area contributed by atoms with Crippen LogP contribution >= 0.6 is 11.3 Å². The Kier molecular flexibility index (Phi) is 5.97. The van der Waals surface area contributed by atoms with E-state index in [2.05, 4.69) is 23.3 Å². The van der Waals surface area contributed by atoms with Crippen LogP contribution in [0.5, 0.6) is 5.75 Å². The molecule has 5 rings (SSSR count). The number of phenolic OH excluding ortho intramolecular Hbond substituents is 1. The third kappa shape index (κ3) is 3.92. The lowest BCUT2D eigenvalue weighted by Crippen LogP contribution is -2.44. The van der Waals surface area contributed by atoms with Crippen LogP contribution in [0.3, 0.4) is 0 Å². The number of Topliss-reactive ketones (excluding diaryl/α,β-unsaturated/α-hetero) is 1. The lowest BCUT2D eigenvalue weighted by molar-refractivity contribution is -0.129. The summed E-state index contributed by atoms with van der Waals surface area (Å²) in [5.41, 5.74) is 2.41. The number of hydrogen-bond acceptors (Lipinski definition) is 6. The van der Waals surface area contributed by atoms with Crippen molar-refractivity contribution in [2.75, 3.05) is 5.32 Å². The number of ketones is 1. The van der Waals surface area contributed by atoms with Crippen molar-refractivity contribution in [3.63, 3.8) is 0 Å². The highest BCUT2D eigenvalue weighted by Crippen LogP contribution is 2.62. The number of rotatable bonds is 5. The normalized spacial score (nSPS) is 29.6. The first-order valence-corrected chi connectivity index (χ1v) is 13.1. The summed E-state index contributed by atoms with van der Waals surface area (Å²) in [5, 5.41) is 23.1. The zero-order chi connectivity index (χ0) is 24.0. The summed E-state index contributed by atoms with van der Waals surface area (Å²) in [6, 6.07) is 5.79. The van der Waals surface area contributed by atoms with Gasteiger partial charge in [-0.05, 0) is 92.4 Å². The molecule has 0 aliphatic heterocycles. The topological polar surface area (TPSA) is 103 Å². The van der Waals surface area contributed by atoms with Crippen molar-refractivity contribution in [1.29, 1.82) is 5.26 Å². The van der Waals surface area contributed by atoms with Gasteiger partial charge in [-0.2, -0.15) is 5.26 Å². The van der Waals surface area contributed by atoms with Gasteiger partial charge in [0.05, 0.1) is 5.56 Å². The molecule has 1 heterocycles. The Bertz CT molecular complexity index is 1180. The number of carbonyl (C=O) groups excluding carboxylic acids is 2. The third-order valence-corrected chi connectivity index (χ3v) is 9.48. The first-order chi connectivity index (χ1) is 16.3. The van der Waals surface area contributed by atoms with Crippen molar-refractivity contribution < 1.29 is 14.7 Å². The highest BCUT2D eigenvalue weighted by atomic mass is 32.1. The SMILES string of the molecule is Cc1cnc(NC(=O)CCC[C@@H]2CC(=O)[C@@]3(C)CCC4c5cc(C#N)c(O)cc5CCC4C23)s1. The van der Waals surface area contributed by atoms with Crippen LogP contribution in [-0.4, -0.2) is 21.8 Å². The molecule has 34 heavy (non-hydrogen) atoms. The van der Waals surface area contributed by atoms with E-state index >= 15 is 0 Å². The van der Waals surface area contributed by atoms with E-state index in [0.29, 0.717) is 53.0 Å². The maximum atomic E-state index is 13.2. The second-order valence-electron chi connectivity index (χ2n) is 10.6. The molecule has 2 saturated carbocycles. The summed E-state index contributed by atoms with van der Waals surface area (Å²) >= 11 is 1.48. The number of aromatic nitrogens is 1. The lowest BCUT2D eigenvalue weighted by Gasteiger charge is -2.50. The molecule has 0 radical (unpaired) electrons. The van der Waals surface area contributed by atoms with Gasteiger partial charge in [0.25, 0.3) is 0 Å². The summed E-state index contributed by atoms with van der Waals surface area (Å²) in [5.74, 6) is 1.80. The fourth-order valence-corrected chi connectivity index (χ4v) is 7.82. The molecular weight excluding hydrogens is 446 g/mol. The average molecular weight is 478 g/mol. The molecule has 5 atom stereocenters. The number of anilines is 1. The molecule has 1 amide bonds. The molecule has 2 aromatic rings. The van der Waals surface area contributed by atoms with Gasteiger partial charge in [-0.15, -0.1) is 11.3 Å². The highest BCUT2D eigenvalue weighted by Gasteiger charge is 2.58. The van der Waals surface area contributed by atoms with Gasteiger partial charge in [0, 0.05) is 29.3 Å². The third-order valence-electron chi connectivity index (χ3n) is 8.65. The standard InChI is InChI=1S/C27H31N3O3S/c1-15-14-29-26(34-15)30-24(33)5-3-4-17-12-23(32)27(2)9-8-19-20(25(17)27)7-6-16-11-22(31)18(13-28)10-21(16)19/h10-11,14,17,19-20,25,31H,3-9,12H2,1-2H3,(H,29,30,33)/t17-,19?,20?,25?,27-/m1/s1. The van der Waals surface area contributed by atoms with Crippen LogP contribution in [0.2, 0.25) is 0 Å². The van der Waals surface area contributed by atoms with Gasteiger partial charge >= 0.3 is 0 Å². The van der Waals surface area contributed by atoms with E-state index in [1.165, 1.54) is 16.9 Å². The number of aryl methyl sites for hydroxylation is 2. The van der Waals surface area contributed by atoms with Crippen LogP contribution in [0, 0.1) is 41.4 Å². The molecule has 1 aromatic carbocycles. The van der Waals surface area contributed by atoms with Crippen molar-refractivity contribution in [3.05, 3.63) is 39.9 Å². The van der Waals surface area contributed by atoms with Gasteiger partial charge in [-0.25, -0.2) is 4.98 Å². The molecule has 0 saturated heterocycles. The maximum absolute atomic E-state index is 13.2. The molecule has 6 nitrogen and oxygen atoms in total. The Morgan fingerprint density at radius 2 is 2.21 bits per heavy atom. The maximum Gasteiger partial charge on any atom is 0.226 e. The monoisotopic (exact) mass is 477 g/mol. The molecule has 178 valence electrons. The van der Waals surface area contributed by atoms with E-state index in [1.54, 1.807) is 12.3 Å². The summed E-state index contributed by atoms with van der Waals surface area (Å²) < 4.78 is 0. The zero-order valence-electron chi connectivity index (χ0n) is 19.8. The van der Waals surface area contributed by atoms with Crippen LogP contribution in [-0.2, 0) is 16.0 Å². The van der Waals surface area contributed by atoms with Crippen LogP contribution in [0.4, 0.5) is 5.13 Å². The number of carbonyl (C=O) groups is 2. The number of benzene rings is 1. The fraction of sp³-hybridized carbons (Fsp3) is 0.556. The summed E-state index contributed by atoms with van der Waals surface area (Å²) in [4.78, 5) is 30.9. The number of thiazole rings is 1. The van der Waals surface area contributed by atoms with E-state index < -0.39 is 0 Å². The summed E-state index contributed by atoms with van der Waals surface area (Å²) in [7, 11) is 0. The van der Waals surface area contributed by atoms with Crippen molar-refractivity contribution in [2.24, 2.45) is 23.2 Å². The minimum absolute atomic E-state index is 0.0154. The molecule has 2 fully saturated rings. The number of nitriles is 1. The molecular formula is C27H31N3O3S. The number of nitrogens with zero attached hydrogens (tertiary/aromatic N) is 2. The van der Waals surface area contributed by atoms with E-state index in [0.717, 1.165) is 49.0 Å². The smallest absolute Gasteiger partial charge is 0.226 e. The predicted octanol–water partition coefficient (Wildman–Crippen LogP) is 5.49. The number of nitrogens with one attached hydrogen (secondary N) is 1. The Labute approximate surface area is 204 Å². The van der Waals surface area contributed by atoms with Gasteiger partial charge in [-0.1, -0.05) is 6.92 Å². The minimum atomic E-state index is -0.279. The Balaban J connectivity index is 1.30. The van der Waals surface area contributed by atoms with Gasteiger partial charge in [0.2, 0.25) is 5.91 Å². The molecule has 7 heteroatoms. The van der Waals surface area contributed by atoms with Crippen molar-refractivity contribution in [3.8, 4) is 11.8 Å². The fourth-order valence-electron chi connectivity index (χ4n) is 7.14. The van der Waals surface area contributed by atoms with Gasteiger partial charge in [-0.3, -0.25) is 9.59 Å². The van der Waals surface area contributed by atoms with E-state index in [-0.39, 0.29) is 17.1 Å². The molecule has 3 aliphatic carbocycles. The summed E-state index contributed by atoms with van der Waals surface area (Å²) in [6.45, 7) is 4.13. The number of hydrogen-bond donors (Lipinski definition) is 2. The number of fused-ring (bicyclic) bond motifs is 5. The van der Waals surface area contributed by atoms with Crippen LogP contribution in [0.25, 0.3) is 0 Å². The van der Waals surface area contributed by atoms with E-state index in [4.69, 9.17) is 0 Å². The predicted molar refractivity (Wildman–Crippen MR) is 131 cm³/mol. The van der Waals surface area contributed by atoms with Gasteiger partial charge < -0.3 is 10.4 Å². The Hall–Kier alpha value is -2.72. The zero-order valence-corrected chi connectivity index (χ0v) is 20.6. The quantitative estimate of drug-likeness (QED) is 0.593. The highest BCUT2D eigenvalue weighted by molar-refractivity contribution is 7.15. The molecule has 2 N–H and O–H groups in total. The van der Waals surface area contributed by atoms with Crippen molar-refractivity contribution in [1.82, 2.24) is 4.98 Å². The molecule has 0 bridgehead atoms. The van der Waals surface area contributed by atoms with Crippen molar-refractivity contribution >= 4 is 28.2 Å². The largest absolute Gasteiger partial charge is 0.507 e. The van der Waals surface area contributed by atoms with Crippen LogP contribution in [0.1, 0.15) is 79.4 Å². The van der Waals surface area contributed by atoms with Crippen molar-refractivity contribution in [2.45, 2.75) is 71.1 Å². The lowest BCUT2D eigenvalue weighted by atomic mass is 9.54. The second kappa shape index (κ2) is 8.81. The number of amides is 1. The molecule has 1 aromatic heterocycles. The number of phenols is 1. The number of aromatic hydroxyl groups is 1. The van der Waals surface area contributed by atoms with Crippen LogP contribution in [0.15, 0.2) is 18.3 Å². The molecule has 3 aliphatic rings. The molecule has 0 spiro atoms. The van der Waals surface area contributed by atoms with Gasteiger partial charge in [0.1, 0.15) is 17.6 Å². The minimum Gasteiger partial charge on any atom is -0.507 e. The Morgan fingerprint density at radius 3 is 2.94 bits per heavy atom. The van der Waals surface area contributed by atoms with Crippen LogP contribution < -0.4 is 5.32 Å². The summed E-state index contributed by atoms with van der Waals surface area (Å²) in [6.07, 6.45) is 8.17. The average Bonchev–Trinajstić information content (AvgIpc) is 3.32. The molecule has 3 unspecified atom stereocenters.